The molecule has 4 heteroatoms. The molecule has 1 aromatic carbocycles. The molecule has 3 nitrogen and oxygen atoms in total. The molecule has 0 radical (unpaired) electrons. The summed E-state index contributed by atoms with van der Waals surface area (Å²) in [6.45, 7) is 3.83. The number of hydrogen-bond acceptors (Lipinski definition) is 3. The summed E-state index contributed by atoms with van der Waals surface area (Å²) in [5.74, 6) is 0.731. The fraction of sp³-hybridized carbons (Fsp3) is 0.455. The molecule has 1 rings (SSSR count). The summed E-state index contributed by atoms with van der Waals surface area (Å²) in [6.07, 6.45) is 0. The maximum absolute atomic E-state index is 6.04. The molecule has 0 saturated heterocycles. The zero-order valence-corrected chi connectivity index (χ0v) is 9.80. The number of rotatable bonds is 6. The van der Waals surface area contributed by atoms with Gasteiger partial charge in [-0.25, -0.2) is 0 Å². The molecule has 0 aromatic heterocycles. The third kappa shape index (κ3) is 4.08. The van der Waals surface area contributed by atoms with E-state index in [9.17, 15) is 0 Å². The Balaban J connectivity index is 2.56. The molecule has 0 aliphatic rings. The molecule has 0 heterocycles. The molecule has 0 saturated carbocycles. The first-order valence-electron chi connectivity index (χ1n) is 4.88. The van der Waals surface area contributed by atoms with Crippen LogP contribution >= 0.6 is 11.6 Å². The Morgan fingerprint density at radius 3 is 2.80 bits per heavy atom. The Labute approximate surface area is 95.3 Å². The fourth-order valence-electron chi connectivity index (χ4n) is 1.22. The lowest BCUT2D eigenvalue weighted by molar-refractivity contribution is 0.174. The maximum atomic E-state index is 6.04. The van der Waals surface area contributed by atoms with Crippen LogP contribution < -0.4 is 10.1 Å². The zero-order chi connectivity index (χ0) is 11.1. The normalized spacial score (nSPS) is 10.3. The molecular formula is C11H16ClNO2. The predicted octanol–water partition coefficient (Wildman–Crippen LogP) is 2.43. The first-order chi connectivity index (χ1) is 7.27. The third-order valence-electron chi connectivity index (χ3n) is 1.87. The van der Waals surface area contributed by atoms with Crippen molar-refractivity contribution in [1.29, 1.82) is 0 Å². The van der Waals surface area contributed by atoms with Crippen LogP contribution in [0.2, 0.25) is 5.02 Å². The quantitative estimate of drug-likeness (QED) is 0.600. The molecule has 0 aliphatic heterocycles. The van der Waals surface area contributed by atoms with E-state index in [2.05, 4.69) is 5.32 Å². The lowest BCUT2D eigenvalue weighted by Crippen LogP contribution is -2.15. The van der Waals surface area contributed by atoms with Crippen molar-refractivity contribution in [3.05, 3.63) is 28.8 Å². The van der Waals surface area contributed by atoms with E-state index in [0.29, 0.717) is 18.4 Å². The van der Waals surface area contributed by atoms with Crippen LogP contribution in [0.15, 0.2) is 18.2 Å². The van der Waals surface area contributed by atoms with Gasteiger partial charge in [0.25, 0.3) is 0 Å². The molecule has 84 valence electrons. The number of halogens is 1. The van der Waals surface area contributed by atoms with Crippen LogP contribution in [0.5, 0.6) is 5.75 Å². The highest BCUT2D eigenvalue weighted by molar-refractivity contribution is 6.32. The molecule has 0 spiro atoms. The van der Waals surface area contributed by atoms with Gasteiger partial charge in [-0.15, -0.1) is 0 Å². The van der Waals surface area contributed by atoms with Crippen LogP contribution in [0.25, 0.3) is 0 Å². The summed E-state index contributed by atoms with van der Waals surface area (Å²) in [7, 11) is 1.65. The number of methoxy groups -OCH3 is 1. The first kappa shape index (κ1) is 12.3. The summed E-state index contributed by atoms with van der Waals surface area (Å²) < 4.78 is 10.2. The second-order valence-electron chi connectivity index (χ2n) is 3.06. The van der Waals surface area contributed by atoms with E-state index >= 15 is 0 Å². The van der Waals surface area contributed by atoms with Crippen molar-refractivity contribution in [1.82, 2.24) is 5.32 Å². The van der Waals surface area contributed by atoms with Gasteiger partial charge in [0.1, 0.15) is 5.75 Å². The van der Waals surface area contributed by atoms with Gasteiger partial charge in [-0.2, -0.15) is 0 Å². The van der Waals surface area contributed by atoms with Crippen LogP contribution in [-0.2, 0) is 11.3 Å². The average molecular weight is 230 g/mol. The molecule has 0 fully saturated rings. The van der Waals surface area contributed by atoms with Gasteiger partial charge < -0.3 is 9.47 Å². The van der Waals surface area contributed by atoms with Gasteiger partial charge in [0.05, 0.1) is 18.4 Å². The van der Waals surface area contributed by atoms with Crippen LogP contribution in [0, 0.1) is 0 Å². The van der Waals surface area contributed by atoms with E-state index in [1.165, 1.54) is 0 Å². The van der Waals surface area contributed by atoms with Gasteiger partial charge in [-0.05, 0) is 24.6 Å². The Morgan fingerprint density at radius 2 is 2.20 bits per heavy atom. The molecule has 0 unspecified atom stereocenters. The smallest absolute Gasteiger partial charge is 0.137 e. The van der Waals surface area contributed by atoms with Gasteiger partial charge in [-0.3, -0.25) is 5.32 Å². The van der Waals surface area contributed by atoms with Crippen molar-refractivity contribution in [2.45, 2.75) is 13.5 Å². The highest BCUT2D eigenvalue weighted by Gasteiger charge is 2.01. The maximum Gasteiger partial charge on any atom is 0.137 e. The minimum Gasteiger partial charge on any atom is -0.492 e. The Hall–Kier alpha value is -0.770. The minimum atomic E-state index is 0.533. The van der Waals surface area contributed by atoms with Crippen LogP contribution in [-0.4, -0.2) is 20.4 Å². The van der Waals surface area contributed by atoms with Crippen molar-refractivity contribution in [3.63, 3.8) is 0 Å². The fourth-order valence-corrected chi connectivity index (χ4v) is 1.48. The second-order valence-corrected chi connectivity index (χ2v) is 3.46. The van der Waals surface area contributed by atoms with Gasteiger partial charge in [0.2, 0.25) is 0 Å². The summed E-state index contributed by atoms with van der Waals surface area (Å²) >= 11 is 6.04. The minimum absolute atomic E-state index is 0.533. The molecule has 1 N–H and O–H groups in total. The molecule has 0 atom stereocenters. The summed E-state index contributed by atoms with van der Waals surface area (Å²) in [4.78, 5) is 0. The van der Waals surface area contributed by atoms with Crippen molar-refractivity contribution in [2.24, 2.45) is 0 Å². The Bertz CT molecular complexity index is 305. The van der Waals surface area contributed by atoms with E-state index in [4.69, 9.17) is 21.1 Å². The van der Waals surface area contributed by atoms with Crippen molar-refractivity contribution in [3.8, 4) is 5.75 Å². The number of hydrogen-bond donors (Lipinski definition) is 1. The molecule has 0 aliphatic carbocycles. The summed E-state index contributed by atoms with van der Waals surface area (Å²) in [5, 5.41) is 3.76. The molecular weight excluding hydrogens is 214 g/mol. The summed E-state index contributed by atoms with van der Waals surface area (Å²) in [6, 6.07) is 5.77. The van der Waals surface area contributed by atoms with E-state index in [-0.39, 0.29) is 0 Å². The zero-order valence-electron chi connectivity index (χ0n) is 9.05. The van der Waals surface area contributed by atoms with E-state index in [1.807, 2.05) is 25.1 Å². The largest absolute Gasteiger partial charge is 0.492 e. The van der Waals surface area contributed by atoms with Gasteiger partial charge >= 0.3 is 0 Å². The standard InChI is InChI=1S/C11H16ClNO2/c1-3-15-11-5-4-9(6-10(11)12)7-13-8-14-2/h4-6,13H,3,7-8H2,1-2H3. The lowest BCUT2D eigenvalue weighted by Gasteiger charge is -2.08. The SMILES string of the molecule is CCOc1ccc(CNCOC)cc1Cl. The van der Waals surface area contributed by atoms with Crippen LogP contribution in [0.4, 0.5) is 0 Å². The lowest BCUT2D eigenvalue weighted by atomic mass is 10.2. The van der Waals surface area contributed by atoms with Crippen molar-refractivity contribution in [2.75, 3.05) is 20.4 Å². The Morgan fingerprint density at radius 1 is 1.40 bits per heavy atom. The van der Waals surface area contributed by atoms with Gasteiger partial charge in [0, 0.05) is 13.7 Å². The monoisotopic (exact) mass is 229 g/mol. The average Bonchev–Trinajstić information content (AvgIpc) is 2.23. The Kier molecular flexibility index (Phi) is 5.47. The highest BCUT2D eigenvalue weighted by atomic mass is 35.5. The van der Waals surface area contributed by atoms with E-state index in [0.717, 1.165) is 17.9 Å². The highest BCUT2D eigenvalue weighted by Crippen LogP contribution is 2.25. The second kappa shape index (κ2) is 6.67. The predicted molar refractivity (Wildman–Crippen MR) is 61.3 cm³/mol. The molecule has 0 amide bonds. The van der Waals surface area contributed by atoms with Gasteiger partial charge in [-0.1, -0.05) is 17.7 Å². The van der Waals surface area contributed by atoms with E-state index < -0.39 is 0 Å². The summed E-state index contributed by atoms with van der Waals surface area (Å²) in [5.41, 5.74) is 1.11. The van der Waals surface area contributed by atoms with Gasteiger partial charge in [0.15, 0.2) is 0 Å². The molecule has 1 aromatic rings. The van der Waals surface area contributed by atoms with E-state index in [1.54, 1.807) is 7.11 Å². The number of nitrogens with one attached hydrogen (secondary N) is 1. The number of benzene rings is 1. The molecule has 15 heavy (non-hydrogen) atoms. The van der Waals surface area contributed by atoms with Crippen LogP contribution in [0.1, 0.15) is 12.5 Å². The number of ether oxygens (including phenoxy) is 2. The van der Waals surface area contributed by atoms with Crippen molar-refractivity contribution < 1.29 is 9.47 Å². The van der Waals surface area contributed by atoms with Crippen molar-refractivity contribution >= 4 is 11.6 Å². The third-order valence-corrected chi connectivity index (χ3v) is 2.17. The topological polar surface area (TPSA) is 30.5 Å². The molecule has 0 bridgehead atoms. The first-order valence-corrected chi connectivity index (χ1v) is 5.26. The van der Waals surface area contributed by atoms with Crippen LogP contribution in [0.3, 0.4) is 0 Å².